The van der Waals surface area contributed by atoms with Crippen LogP contribution < -0.4 is 5.32 Å². The number of nitrogens with one attached hydrogen (secondary N) is 2. The second-order valence-electron chi connectivity index (χ2n) is 8.36. The maximum absolute atomic E-state index is 12.8. The van der Waals surface area contributed by atoms with Gasteiger partial charge in [0, 0.05) is 36.9 Å². The van der Waals surface area contributed by atoms with Crippen molar-refractivity contribution >= 4 is 22.7 Å². The molecule has 2 aromatic rings. The number of hydrogen-bond acceptors (Lipinski definition) is 4. The number of pyridine rings is 1. The van der Waals surface area contributed by atoms with Crippen LogP contribution in [0.4, 0.5) is 0 Å². The van der Waals surface area contributed by atoms with Crippen molar-refractivity contribution in [1.82, 2.24) is 25.1 Å². The van der Waals surface area contributed by atoms with Gasteiger partial charge >= 0.3 is 0 Å². The first-order chi connectivity index (χ1) is 13.5. The molecule has 2 aromatic heterocycles. The summed E-state index contributed by atoms with van der Waals surface area (Å²) in [6, 6.07) is 2.51. The number of carbonyl (C=O) groups is 2. The SMILES string of the molecule is CC1CN(C(=O)Cc2c[nH]c3cnccc23)CC1NC(=O)CN(C)C1CCC1. The molecule has 2 fully saturated rings. The number of rotatable bonds is 6. The maximum atomic E-state index is 12.8. The van der Waals surface area contributed by atoms with E-state index in [1.807, 2.05) is 24.2 Å². The van der Waals surface area contributed by atoms with Gasteiger partial charge in [-0.2, -0.15) is 0 Å². The number of likely N-dealkylation sites (tertiary alicyclic amines) is 1. The highest BCUT2D eigenvalue weighted by Crippen LogP contribution is 2.24. The Bertz CT molecular complexity index is 859. The Balaban J connectivity index is 1.31. The molecule has 2 amide bonds. The van der Waals surface area contributed by atoms with Crippen LogP contribution in [0.1, 0.15) is 31.7 Å². The lowest BCUT2D eigenvalue weighted by atomic mass is 9.92. The molecule has 3 heterocycles. The van der Waals surface area contributed by atoms with E-state index < -0.39 is 0 Å². The van der Waals surface area contributed by atoms with Crippen molar-refractivity contribution in [2.75, 3.05) is 26.7 Å². The average Bonchev–Trinajstić information content (AvgIpc) is 3.17. The highest BCUT2D eigenvalue weighted by Gasteiger charge is 2.34. The quantitative estimate of drug-likeness (QED) is 0.793. The van der Waals surface area contributed by atoms with Crippen molar-refractivity contribution in [2.24, 2.45) is 5.92 Å². The molecule has 2 unspecified atom stereocenters. The number of hydrogen-bond donors (Lipinski definition) is 2. The molecule has 2 atom stereocenters. The molecule has 150 valence electrons. The zero-order valence-electron chi connectivity index (χ0n) is 16.6. The lowest BCUT2D eigenvalue weighted by Crippen LogP contribution is -2.47. The smallest absolute Gasteiger partial charge is 0.234 e. The van der Waals surface area contributed by atoms with E-state index in [2.05, 4.69) is 27.1 Å². The summed E-state index contributed by atoms with van der Waals surface area (Å²) in [6.07, 6.45) is 9.41. The van der Waals surface area contributed by atoms with E-state index in [1.165, 1.54) is 19.3 Å². The summed E-state index contributed by atoms with van der Waals surface area (Å²) >= 11 is 0. The third-order valence-electron chi connectivity index (χ3n) is 6.31. The predicted molar refractivity (Wildman–Crippen MR) is 108 cm³/mol. The van der Waals surface area contributed by atoms with Crippen molar-refractivity contribution in [3.8, 4) is 0 Å². The van der Waals surface area contributed by atoms with Crippen molar-refractivity contribution in [3.05, 3.63) is 30.2 Å². The molecule has 1 aliphatic carbocycles. The minimum Gasteiger partial charge on any atom is -0.360 e. The molecule has 1 aliphatic heterocycles. The van der Waals surface area contributed by atoms with E-state index in [0.29, 0.717) is 32.1 Å². The molecule has 0 spiro atoms. The number of fused-ring (bicyclic) bond motifs is 1. The van der Waals surface area contributed by atoms with Crippen LogP contribution in [0, 0.1) is 5.92 Å². The van der Waals surface area contributed by atoms with Gasteiger partial charge in [-0.3, -0.25) is 19.5 Å². The molecule has 1 saturated heterocycles. The third kappa shape index (κ3) is 3.90. The average molecular weight is 383 g/mol. The van der Waals surface area contributed by atoms with Gasteiger partial charge in [-0.1, -0.05) is 13.3 Å². The third-order valence-corrected chi connectivity index (χ3v) is 6.31. The van der Waals surface area contributed by atoms with E-state index in [4.69, 9.17) is 0 Å². The molecule has 0 aromatic carbocycles. The lowest BCUT2D eigenvalue weighted by molar-refractivity contribution is -0.130. The van der Waals surface area contributed by atoms with Crippen LogP contribution in [0.5, 0.6) is 0 Å². The Morgan fingerprint density at radius 3 is 2.93 bits per heavy atom. The Kier molecular flexibility index (Phi) is 5.35. The molecule has 7 heteroatoms. The monoisotopic (exact) mass is 383 g/mol. The molecule has 28 heavy (non-hydrogen) atoms. The van der Waals surface area contributed by atoms with Crippen molar-refractivity contribution in [1.29, 1.82) is 0 Å². The second kappa shape index (κ2) is 7.91. The first-order valence-corrected chi connectivity index (χ1v) is 10.2. The Hall–Kier alpha value is -2.41. The molecule has 4 rings (SSSR count). The van der Waals surface area contributed by atoms with Crippen molar-refractivity contribution in [2.45, 2.75) is 44.7 Å². The van der Waals surface area contributed by atoms with Gasteiger partial charge in [0.05, 0.1) is 30.7 Å². The van der Waals surface area contributed by atoms with E-state index in [0.717, 1.165) is 16.5 Å². The number of H-pyrrole nitrogens is 1. The largest absolute Gasteiger partial charge is 0.360 e. The lowest BCUT2D eigenvalue weighted by Gasteiger charge is -2.34. The minimum atomic E-state index is 0.0263. The maximum Gasteiger partial charge on any atom is 0.234 e. The number of nitrogens with zero attached hydrogens (tertiary/aromatic N) is 3. The van der Waals surface area contributed by atoms with Gasteiger partial charge in [-0.25, -0.2) is 0 Å². The van der Waals surface area contributed by atoms with Crippen molar-refractivity contribution < 1.29 is 9.59 Å². The zero-order valence-corrected chi connectivity index (χ0v) is 16.6. The van der Waals surface area contributed by atoms with Crippen LogP contribution in [-0.2, 0) is 16.0 Å². The topological polar surface area (TPSA) is 81.3 Å². The fourth-order valence-electron chi connectivity index (χ4n) is 4.25. The van der Waals surface area contributed by atoms with Crippen LogP contribution in [0.25, 0.3) is 10.9 Å². The minimum absolute atomic E-state index is 0.0263. The van der Waals surface area contributed by atoms with Crippen molar-refractivity contribution in [3.63, 3.8) is 0 Å². The molecule has 0 bridgehead atoms. The van der Waals surface area contributed by atoms with Gasteiger partial charge in [-0.15, -0.1) is 0 Å². The van der Waals surface area contributed by atoms with E-state index in [1.54, 1.807) is 12.4 Å². The second-order valence-corrected chi connectivity index (χ2v) is 8.36. The molecular weight excluding hydrogens is 354 g/mol. The number of aromatic amines is 1. The fourth-order valence-corrected chi connectivity index (χ4v) is 4.25. The Morgan fingerprint density at radius 1 is 1.36 bits per heavy atom. The van der Waals surface area contributed by atoms with Crippen LogP contribution >= 0.6 is 0 Å². The predicted octanol–water partition coefficient (Wildman–Crippen LogP) is 1.55. The summed E-state index contributed by atoms with van der Waals surface area (Å²) in [5, 5.41) is 4.19. The first-order valence-electron chi connectivity index (χ1n) is 10.2. The summed E-state index contributed by atoms with van der Waals surface area (Å²) in [4.78, 5) is 36.5. The first kappa shape index (κ1) is 18.9. The molecule has 2 aliphatic rings. The summed E-state index contributed by atoms with van der Waals surface area (Å²) in [5.41, 5.74) is 1.94. The van der Waals surface area contributed by atoms with E-state index in [-0.39, 0.29) is 23.8 Å². The Morgan fingerprint density at radius 2 is 2.18 bits per heavy atom. The van der Waals surface area contributed by atoms with Gasteiger partial charge in [0.25, 0.3) is 0 Å². The standard InChI is InChI=1S/C21H29N5O2/c1-14-11-26(12-19(14)24-20(27)13-25(2)16-4-3-5-16)21(28)8-15-9-23-18-10-22-7-6-17(15)18/h6-7,9-10,14,16,19,23H,3-5,8,11-13H2,1-2H3,(H,24,27). The summed E-state index contributed by atoms with van der Waals surface area (Å²) in [5.74, 6) is 0.423. The van der Waals surface area contributed by atoms with Gasteiger partial charge < -0.3 is 15.2 Å². The van der Waals surface area contributed by atoms with Crippen LogP contribution in [0.3, 0.4) is 0 Å². The molecule has 7 nitrogen and oxygen atoms in total. The number of carbonyl (C=O) groups excluding carboxylic acids is 2. The highest BCUT2D eigenvalue weighted by molar-refractivity contribution is 5.88. The van der Waals surface area contributed by atoms with Crippen LogP contribution in [-0.4, -0.2) is 70.3 Å². The fraction of sp³-hybridized carbons (Fsp3) is 0.571. The van der Waals surface area contributed by atoms with E-state index >= 15 is 0 Å². The normalized spacial score (nSPS) is 22.6. The number of amides is 2. The van der Waals surface area contributed by atoms with Crippen LogP contribution in [0.15, 0.2) is 24.7 Å². The number of aromatic nitrogens is 2. The summed E-state index contributed by atoms with van der Waals surface area (Å²) in [6.45, 7) is 3.81. The molecule has 2 N–H and O–H groups in total. The molecule has 1 saturated carbocycles. The van der Waals surface area contributed by atoms with Gasteiger partial charge in [0.1, 0.15) is 0 Å². The van der Waals surface area contributed by atoms with Gasteiger partial charge in [0.15, 0.2) is 0 Å². The number of likely N-dealkylation sites (N-methyl/N-ethyl adjacent to an activating group) is 1. The highest BCUT2D eigenvalue weighted by atomic mass is 16.2. The van der Waals surface area contributed by atoms with Gasteiger partial charge in [-0.05, 0) is 37.4 Å². The molecule has 0 radical (unpaired) electrons. The zero-order chi connectivity index (χ0) is 19.7. The summed E-state index contributed by atoms with van der Waals surface area (Å²) < 4.78 is 0. The summed E-state index contributed by atoms with van der Waals surface area (Å²) in [7, 11) is 2.02. The van der Waals surface area contributed by atoms with Crippen LogP contribution in [0.2, 0.25) is 0 Å². The Labute approximate surface area is 165 Å². The van der Waals surface area contributed by atoms with E-state index in [9.17, 15) is 9.59 Å². The molecular formula is C21H29N5O2. The van der Waals surface area contributed by atoms with Gasteiger partial charge in [0.2, 0.25) is 11.8 Å².